The molecule has 0 amide bonds. The summed E-state index contributed by atoms with van der Waals surface area (Å²) in [4.78, 5) is 7.15. The van der Waals surface area contributed by atoms with Crippen LogP contribution in [0.4, 0.5) is 5.13 Å². The standard InChI is InChI=1S/C13H20ClN3S/c14-8-9-17(11-4-2-1-3-5-11)13-15-12(16-18-13)10-6-7-10/h10-11H,1-9H2. The minimum absolute atomic E-state index is 0.637. The average Bonchev–Trinajstić information content (AvgIpc) is 3.16. The number of anilines is 1. The van der Waals surface area contributed by atoms with Crippen LogP contribution in [0.2, 0.25) is 0 Å². The van der Waals surface area contributed by atoms with Crippen molar-refractivity contribution in [3.05, 3.63) is 5.82 Å². The van der Waals surface area contributed by atoms with Crippen molar-refractivity contribution in [2.75, 3.05) is 17.3 Å². The Morgan fingerprint density at radius 3 is 2.61 bits per heavy atom. The minimum Gasteiger partial charge on any atom is -0.343 e. The molecule has 0 saturated heterocycles. The Labute approximate surface area is 118 Å². The third kappa shape index (κ3) is 2.80. The summed E-state index contributed by atoms with van der Waals surface area (Å²) in [5, 5.41) is 1.10. The molecule has 1 heterocycles. The molecule has 3 nitrogen and oxygen atoms in total. The van der Waals surface area contributed by atoms with Gasteiger partial charge in [-0.25, -0.2) is 4.98 Å². The first-order valence-corrected chi connectivity index (χ1v) is 8.35. The lowest BCUT2D eigenvalue weighted by Crippen LogP contribution is -2.38. The summed E-state index contributed by atoms with van der Waals surface area (Å²) >= 11 is 7.53. The fourth-order valence-corrected chi connectivity index (χ4v) is 3.80. The fraction of sp³-hybridized carbons (Fsp3) is 0.846. The van der Waals surface area contributed by atoms with Gasteiger partial charge in [-0.2, -0.15) is 4.37 Å². The van der Waals surface area contributed by atoms with E-state index in [0.717, 1.165) is 17.5 Å². The average molecular weight is 286 g/mol. The van der Waals surface area contributed by atoms with Crippen LogP contribution >= 0.6 is 23.1 Å². The molecule has 100 valence electrons. The molecule has 0 radical (unpaired) electrons. The third-order valence-corrected chi connectivity index (χ3v) is 4.90. The van der Waals surface area contributed by atoms with Crippen molar-refractivity contribution in [1.82, 2.24) is 9.36 Å². The first-order valence-electron chi connectivity index (χ1n) is 7.04. The van der Waals surface area contributed by atoms with E-state index in [-0.39, 0.29) is 0 Å². The number of aromatic nitrogens is 2. The van der Waals surface area contributed by atoms with Gasteiger partial charge in [0.05, 0.1) is 0 Å². The van der Waals surface area contributed by atoms with Crippen molar-refractivity contribution in [3.63, 3.8) is 0 Å². The van der Waals surface area contributed by atoms with Gasteiger partial charge < -0.3 is 4.90 Å². The monoisotopic (exact) mass is 285 g/mol. The molecule has 3 rings (SSSR count). The number of nitrogens with zero attached hydrogens (tertiary/aromatic N) is 3. The first-order chi connectivity index (χ1) is 8.88. The molecule has 2 aliphatic rings. The van der Waals surface area contributed by atoms with Crippen molar-refractivity contribution in [2.24, 2.45) is 0 Å². The summed E-state index contributed by atoms with van der Waals surface area (Å²) in [6, 6.07) is 0.637. The van der Waals surface area contributed by atoms with Gasteiger partial charge in [-0.15, -0.1) is 11.6 Å². The summed E-state index contributed by atoms with van der Waals surface area (Å²) in [6.45, 7) is 0.908. The largest absolute Gasteiger partial charge is 0.343 e. The summed E-state index contributed by atoms with van der Waals surface area (Å²) in [6.07, 6.45) is 9.19. The van der Waals surface area contributed by atoms with Gasteiger partial charge in [-0.05, 0) is 25.7 Å². The van der Waals surface area contributed by atoms with Gasteiger partial charge in [-0.3, -0.25) is 0 Å². The lowest BCUT2D eigenvalue weighted by molar-refractivity contribution is 0.418. The van der Waals surface area contributed by atoms with Crippen LogP contribution in [0.1, 0.15) is 56.7 Å². The molecule has 0 spiro atoms. The normalized spacial score (nSPS) is 21.2. The molecular weight excluding hydrogens is 266 g/mol. The topological polar surface area (TPSA) is 29.0 Å². The van der Waals surface area contributed by atoms with Gasteiger partial charge in [0.15, 0.2) is 0 Å². The van der Waals surface area contributed by atoms with E-state index in [1.165, 1.54) is 44.9 Å². The SMILES string of the molecule is ClCCN(c1nc(C2CC2)ns1)C1CCCCC1. The zero-order valence-electron chi connectivity index (χ0n) is 10.6. The number of hydrogen-bond acceptors (Lipinski definition) is 4. The highest BCUT2D eigenvalue weighted by Gasteiger charge is 2.30. The Balaban J connectivity index is 1.73. The molecule has 0 aliphatic heterocycles. The number of halogens is 1. The quantitative estimate of drug-likeness (QED) is 0.771. The zero-order valence-corrected chi connectivity index (χ0v) is 12.2. The van der Waals surface area contributed by atoms with Gasteiger partial charge in [-0.1, -0.05) is 19.3 Å². The second kappa shape index (κ2) is 5.74. The second-order valence-electron chi connectivity index (χ2n) is 5.38. The van der Waals surface area contributed by atoms with Crippen LogP contribution in [0.3, 0.4) is 0 Å². The molecule has 2 aliphatic carbocycles. The van der Waals surface area contributed by atoms with E-state index in [1.54, 1.807) is 11.5 Å². The highest BCUT2D eigenvalue weighted by molar-refractivity contribution is 7.09. The highest BCUT2D eigenvalue weighted by atomic mass is 35.5. The van der Waals surface area contributed by atoms with Crippen LogP contribution in [0.5, 0.6) is 0 Å². The molecule has 0 N–H and O–H groups in total. The summed E-state index contributed by atoms with van der Waals surface area (Å²) < 4.78 is 4.52. The van der Waals surface area contributed by atoms with E-state index >= 15 is 0 Å². The molecule has 5 heteroatoms. The van der Waals surface area contributed by atoms with E-state index in [1.807, 2.05) is 0 Å². The molecule has 0 bridgehead atoms. The Hall–Kier alpha value is -0.350. The van der Waals surface area contributed by atoms with Crippen molar-refractivity contribution in [1.29, 1.82) is 0 Å². The second-order valence-corrected chi connectivity index (χ2v) is 6.49. The lowest BCUT2D eigenvalue weighted by Gasteiger charge is -2.33. The summed E-state index contributed by atoms with van der Waals surface area (Å²) in [5.74, 6) is 2.40. The maximum Gasteiger partial charge on any atom is 0.205 e. The van der Waals surface area contributed by atoms with Crippen LogP contribution in [0, 0.1) is 0 Å². The van der Waals surface area contributed by atoms with Gasteiger partial charge in [0.25, 0.3) is 0 Å². The van der Waals surface area contributed by atoms with Crippen LogP contribution in [-0.2, 0) is 0 Å². The highest BCUT2D eigenvalue weighted by Crippen LogP contribution is 2.40. The Morgan fingerprint density at radius 2 is 1.94 bits per heavy atom. The number of rotatable bonds is 5. The Kier molecular flexibility index (Phi) is 4.04. The molecule has 18 heavy (non-hydrogen) atoms. The Morgan fingerprint density at radius 1 is 1.17 bits per heavy atom. The minimum atomic E-state index is 0.637. The molecule has 1 aromatic rings. The molecular formula is C13H20ClN3S. The fourth-order valence-electron chi connectivity index (χ4n) is 2.77. The van der Waals surface area contributed by atoms with E-state index in [4.69, 9.17) is 16.6 Å². The number of alkyl halides is 1. The molecule has 2 fully saturated rings. The predicted octanol–water partition coefficient (Wildman–Crippen LogP) is 3.79. The third-order valence-electron chi connectivity index (χ3n) is 3.96. The van der Waals surface area contributed by atoms with Crippen molar-refractivity contribution in [3.8, 4) is 0 Å². The van der Waals surface area contributed by atoms with Crippen molar-refractivity contribution < 1.29 is 0 Å². The van der Waals surface area contributed by atoms with Gasteiger partial charge in [0.1, 0.15) is 5.82 Å². The van der Waals surface area contributed by atoms with Crippen LogP contribution in [-0.4, -0.2) is 27.8 Å². The zero-order chi connectivity index (χ0) is 12.4. The maximum absolute atomic E-state index is 5.96. The summed E-state index contributed by atoms with van der Waals surface area (Å²) in [7, 11) is 0. The lowest BCUT2D eigenvalue weighted by atomic mass is 9.94. The Bertz CT molecular complexity index is 385. The molecule has 0 unspecified atom stereocenters. The maximum atomic E-state index is 5.96. The molecule has 1 aromatic heterocycles. The van der Waals surface area contributed by atoms with E-state index in [2.05, 4.69) is 9.27 Å². The van der Waals surface area contributed by atoms with Gasteiger partial charge >= 0.3 is 0 Å². The van der Waals surface area contributed by atoms with Gasteiger partial charge in [0.2, 0.25) is 5.13 Å². The smallest absolute Gasteiger partial charge is 0.205 e. The summed E-state index contributed by atoms with van der Waals surface area (Å²) in [5.41, 5.74) is 0. The van der Waals surface area contributed by atoms with Crippen molar-refractivity contribution >= 4 is 28.3 Å². The van der Waals surface area contributed by atoms with E-state index in [0.29, 0.717) is 17.8 Å². The van der Waals surface area contributed by atoms with E-state index < -0.39 is 0 Å². The predicted molar refractivity (Wildman–Crippen MR) is 76.8 cm³/mol. The van der Waals surface area contributed by atoms with Crippen molar-refractivity contribution in [2.45, 2.75) is 56.9 Å². The van der Waals surface area contributed by atoms with Crippen LogP contribution in [0.15, 0.2) is 0 Å². The first kappa shape index (κ1) is 12.7. The molecule has 2 saturated carbocycles. The van der Waals surface area contributed by atoms with Gasteiger partial charge in [0, 0.05) is 35.9 Å². The number of hydrogen-bond donors (Lipinski definition) is 0. The van der Waals surface area contributed by atoms with Crippen LogP contribution < -0.4 is 4.90 Å². The van der Waals surface area contributed by atoms with Crippen LogP contribution in [0.25, 0.3) is 0 Å². The molecule has 0 aromatic carbocycles. The van der Waals surface area contributed by atoms with E-state index in [9.17, 15) is 0 Å². The molecule has 0 atom stereocenters.